The quantitative estimate of drug-likeness (QED) is 0.595. The number of halogens is 1. The van der Waals surface area contributed by atoms with Gasteiger partial charge in [-0.25, -0.2) is 4.39 Å². The molecule has 0 unspecified atom stereocenters. The fraction of sp³-hybridized carbons (Fsp3) is 0.273. The predicted molar refractivity (Wildman–Crippen MR) is 56.0 cm³/mol. The molecule has 2 heteroatoms. The largest absolute Gasteiger partial charge is 0.206 e. The summed E-state index contributed by atoms with van der Waals surface area (Å²) in [5.41, 5.74) is 2.25. The fourth-order valence-corrected chi connectivity index (χ4v) is 2.69. The third-order valence-corrected chi connectivity index (χ3v) is 3.80. The van der Waals surface area contributed by atoms with Crippen molar-refractivity contribution in [3.05, 3.63) is 34.0 Å². The van der Waals surface area contributed by atoms with Crippen molar-refractivity contribution in [3.8, 4) is 0 Å². The van der Waals surface area contributed by atoms with Crippen LogP contribution < -0.4 is 0 Å². The molecule has 2 aromatic rings. The van der Waals surface area contributed by atoms with Gasteiger partial charge in [-0.1, -0.05) is 6.07 Å². The van der Waals surface area contributed by atoms with E-state index in [0.717, 1.165) is 21.2 Å². The van der Waals surface area contributed by atoms with Crippen molar-refractivity contribution in [1.29, 1.82) is 0 Å². The summed E-state index contributed by atoms with van der Waals surface area (Å²) in [6, 6.07) is 3.39. The number of fused-ring (bicyclic) bond motifs is 1. The van der Waals surface area contributed by atoms with Crippen molar-refractivity contribution in [1.82, 2.24) is 0 Å². The molecule has 0 spiro atoms. The first-order valence-electron chi connectivity index (χ1n) is 4.26. The Morgan fingerprint density at radius 1 is 1.15 bits per heavy atom. The molecule has 0 saturated heterocycles. The maximum atomic E-state index is 13.4. The Morgan fingerprint density at radius 3 is 2.46 bits per heavy atom. The Bertz CT molecular complexity index is 468. The summed E-state index contributed by atoms with van der Waals surface area (Å²) >= 11 is 1.68. The van der Waals surface area contributed by atoms with E-state index in [4.69, 9.17) is 0 Å². The van der Waals surface area contributed by atoms with Gasteiger partial charge >= 0.3 is 0 Å². The van der Waals surface area contributed by atoms with Crippen LogP contribution in [0.5, 0.6) is 0 Å². The molecule has 1 aromatic carbocycles. The number of benzene rings is 1. The first kappa shape index (κ1) is 8.70. The third kappa shape index (κ3) is 1.17. The summed E-state index contributed by atoms with van der Waals surface area (Å²) in [5.74, 6) is -0.0950. The lowest BCUT2D eigenvalue weighted by Crippen LogP contribution is -1.80. The Labute approximate surface area is 81.0 Å². The van der Waals surface area contributed by atoms with Crippen molar-refractivity contribution in [2.45, 2.75) is 20.8 Å². The number of hydrogen-bond acceptors (Lipinski definition) is 1. The molecule has 68 valence electrons. The first-order chi connectivity index (χ1) is 6.11. The second-order valence-corrected chi connectivity index (χ2v) is 4.58. The topological polar surface area (TPSA) is 0 Å². The summed E-state index contributed by atoms with van der Waals surface area (Å²) in [5, 5.41) is 0.808. The number of hydrogen-bond donors (Lipinski definition) is 0. The Hall–Kier alpha value is -0.890. The van der Waals surface area contributed by atoms with Gasteiger partial charge in [-0.3, -0.25) is 0 Å². The summed E-state index contributed by atoms with van der Waals surface area (Å²) in [4.78, 5) is 1.21. The van der Waals surface area contributed by atoms with E-state index in [1.807, 2.05) is 26.8 Å². The number of aryl methyl sites for hydroxylation is 3. The zero-order valence-corrected chi connectivity index (χ0v) is 8.76. The number of rotatable bonds is 0. The second-order valence-electron chi connectivity index (χ2n) is 3.35. The molecular formula is C11H11FS. The van der Waals surface area contributed by atoms with Crippen LogP contribution in [0.4, 0.5) is 4.39 Å². The molecule has 1 heterocycles. The zero-order valence-electron chi connectivity index (χ0n) is 7.94. The van der Waals surface area contributed by atoms with Gasteiger partial charge in [-0.2, -0.15) is 0 Å². The molecule has 13 heavy (non-hydrogen) atoms. The van der Waals surface area contributed by atoms with Crippen LogP contribution in [0.15, 0.2) is 12.1 Å². The molecule has 0 nitrogen and oxygen atoms in total. The van der Waals surface area contributed by atoms with Crippen LogP contribution in [0, 0.1) is 26.6 Å². The zero-order chi connectivity index (χ0) is 9.59. The smallest absolute Gasteiger partial charge is 0.132 e. The molecule has 0 fully saturated rings. The molecular weight excluding hydrogens is 183 g/mol. The second kappa shape index (κ2) is 2.81. The Balaban J connectivity index is 3.00. The van der Waals surface area contributed by atoms with Crippen LogP contribution in [0.25, 0.3) is 10.1 Å². The fourth-order valence-electron chi connectivity index (χ4n) is 1.55. The monoisotopic (exact) mass is 194 g/mol. The van der Waals surface area contributed by atoms with E-state index in [9.17, 15) is 4.39 Å². The van der Waals surface area contributed by atoms with Crippen LogP contribution in [0.1, 0.15) is 16.0 Å². The van der Waals surface area contributed by atoms with E-state index in [1.54, 1.807) is 17.4 Å². The predicted octanol–water partition coefficient (Wildman–Crippen LogP) is 3.97. The lowest BCUT2D eigenvalue weighted by atomic mass is 10.1. The van der Waals surface area contributed by atoms with E-state index in [1.165, 1.54) is 4.88 Å². The van der Waals surface area contributed by atoms with Gasteiger partial charge in [-0.05, 0) is 38.0 Å². The maximum absolute atomic E-state index is 13.4. The highest BCUT2D eigenvalue weighted by molar-refractivity contribution is 7.19. The van der Waals surface area contributed by atoms with E-state index < -0.39 is 0 Å². The molecule has 0 aliphatic carbocycles. The van der Waals surface area contributed by atoms with Gasteiger partial charge < -0.3 is 0 Å². The van der Waals surface area contributed by atoms with Crippen LogP contribution in [0.3, 0.4) is 0 Å². The highest BCUT2D eigenvalue weighted by Gasteiger charge is 2.10. The summed E-state index contributed by atoms with van der Waals surface area (Å²) in [7, 11) is 0. The van der Waals surface area contributed by atoms with Gasteiger partial charge in [0.2, 0.25) is 0 Å². The molecule has 0 N–H and O–H groups in total. The van der Waals surface area contributed by atoms with Gasteiger partial charge in [0.15, 0.2) is 0 Å². The first-order valence-corrected chi connectivity index (χ1v) is 5.07. The Morgan fingerprint density at radius 2 is 1.85 bits per heavy atom. The van der Waals surface area contributed by atoms with Crippen molar-refractivity contribution < 1.29 is 4.39 Å². The van der Waals surface area contributed by atoms with E-state index in [0.29, 0.717) is 0 Å². The van der Waals surface area contributed by atoms with Crippen molar-refractivity contribution in [2.75, 3.05) is 0 Å². The molecule has 0 aliphatic rings. The molecule has 0 aliphatic heterocycles. The Kier molecular flexibility index (Phi) is 1.88. The minimum atomic E-state index is -0.0950. The van der Waals surface area contributed by atoms with Gasteiger partial charge in [0.05, 0.1) is 0 Å². The third-order valence-electron chi connectivity index (χ3n) is 2.46. The van der Waals surface area contributed by atoms with E-state index >= 15 is 0 Å². The average molecular weight is 194 g/mol. The molecule has 0 saturated carbocycles. The van der Waals surface area contributed by atoms with Crippen molar-refractivity contribution in [2.24, 2.45) is 0 Å². The maximum Gasteiger partial charge on any atom is 0.132 e. The molecule has 1 aromatic heterocycles. The summed E-state index contributed by atoms with van der Waals surface area (Å²) < 4.78 is 14.5. The van der Waals surface area contributed by atoms with Crippen molar-refractivity contribution >= 4 is 21.4 Å². The normalized spacial score (nSPS) is 11.1. The molecule has 2 rings (SSSR count). The summed E-state index contributed by atoms with van der Waals surface area (Å²) in [6.45, 7) is 6.05. The van der Waals surface area contributed by atoms with Gasteiger partial charge in [0.1, 0.15) is 5.82 Å². The van der Waals surface area contributed by atoms with Gasteiger partial charge in [0, 0.05) is 15.0 Å². The highest BCUT2D eigenvalue weighted by Crippen LogP contribution is 2.33. The van der Waals surface area contributed by atoms with Gasteiger partial charge in [-0.15, -0.1) is 11.3 Å². The van der Waals surface area contributed by atoms with Crippen LogP contribution >= 0.6 is 11.3 Å². The standard InChI is InChI=1S/C11H11FS/c1-6-4-5-9(12)10-7(2)8(3)13-11(6)10/h4-5H,1-3H3. The van der Waals surface area contributed by atoms with Crippen LogP contribution in [0.2, 0.25) is 0 Å². The number of thiophene rings is 1. The van der Waals surface area contributed by atoms with E-state index in [-0.39, 0.29) is 5.82 Å². The van der Waals surface area contributed by atoms with Crippen molar-refractivity contribution in [3.63, 3.8) is 0 Å². The highest BCUT2D eigenvalue weighted by atomic mass is 32.1. The SMILES string of the molecule is Cc1sc2c(C)ccc(F)c2c1C. The van der Waals surface area contributed by atoms with Gasteiger partial charge in [0.25, 0.3) is 0 Å². The molecule has 0 radical (unpaired) electrons. The van der Waals surface area contributed by atoms with Crippen LogP contribution in [-0.4, -0.2) is 0 Å². The molecule has 0 amide bonds. The van der Waals surface area contributed by atoms with Crippen LogP contribution in [-0.2, 0) is 0 Å². The molecule has 0 atom stereocenters. The summed E-state index contributed by atoms with van der Waals surface area (Å²) in [6.07, 6.45) is 0. The lowest BCUT2D eigenvalue weighted by Gasteiger charge is -1.97. The molecule has 0 bridgehead atoms. The minimum absolute atomic E-state index is 0.0950. The average Bonchev–Trinajstić information content (AvgIpc) is 2.38. The lowest BCUT2D eigenvalue weighted by molar-refractivity contribution is 0.639. The van der Waals surface area contributed by atoms with E-state index in [2.05, 4.69) is 0 Å². The minimum Gasteiger partial charge on any atom is -0.206 e.